The van der Waals surface area contributed by atoms with Gasteiger partial charge in [0.25, 0.3) is 0 Å². The van der Waals surface area contributed by atoms with Crippen LogP contribution in [-0.2, 0) is 6.54 Å². The van der Waals surface area contributed by atoms with Crippen LogP contribution in [0.3, 0.4) is 0 Å². The van der Waals surface area contributed by atoms with Crippen molar-refractivity contribution in [3.63, 3.8) is 0 Å². The second-order valence-electron chi connectivity index (χ2n) is 3.89. The Bertz CT molecular complexity index is 641. The molecule has 3 nitrogen and oxygen atoms in total. The highest BCUT2D eigenvalue weighted by Crippen LogP contribution is 2.07. The molecular formula is C14H13NO2S. The lowest BCUT2D eigenvalue weighted by Crippen LogP contribution is -2.15. The summed E-state index contributed by atoms with van der Waals surface area (Å²) in [7, 11) is 0. The number of aryl methyl sites for hydroxylation is 1. The number of hydrogen-bond donors (Lipinski definition) is 1. The number of thiazole rings is 1. The van der Waals surface area contributed by atoms with Crippen molar-refractivity contribution in [3.8, 4) is 11.8 Å². The molecule has 1 heterocycles. The van der Waals surface area contributed by atoms with Gasteiger partial charge < -0.3 is 5.11 Å². The zero-order valence-electron chi connectivity index (χ0n) is 10.0. The molecule has 0 radical (unpaired) electrons. The molecule has 1 aromatic carbocycles. The van der Waals surface area contributed by atoms with Crippen molar-refractivity contribution < 1.29 is 5.11 Å². The van der Waals surface area contributed by atoms with Crippen LogP contribution in [0.4, 0.5) is 0 Å². The van der Waals surface area contributed by atoms with Crippen LogP contribution in [0, 0.1) is 18.8 Å². The van der Waals surface area contributed by atoms with Crippen LogP contribution >= 0.6 is 11.3 Å². The molecule has 0 atom stereocenters. The fourth-order valence-corrected chi connectivity index (χ4v) is 2.35. The number of nitrogens with zero attached hydrogens (tertiary/aromatic N) is 1. The Morgan fingerprint density at radius 1 is 1.33 bits per heavy atom. The molecular weight excluding hydrogens is 246 g/mol. The molecule has 18 heavy (non-hydrogen) atoms. The van der Waals surface area contributed by atoms with Crippen LogP contribution < -0.4 is 4.87 Å². The fraction of sp³-hybridized carbons (Fsp3) is 0.214. The first-order valence-electron chi connectivity index (χ1n) is 5.54. The Balaban J connectivity index is 2.18. The zero-order valence-corrected chi connectivity index (χ0v) is 10.8. The predicted octanol–water partition coefficient (Wildman–Crippen LogP) is 1.61. The Hall–Kier alpha value is -1.83. The van der Waals surface area contributed by atoms with Crippen LogP contribution in [0.15, 0.2) is 34.4 Å². The number of aliphatic hydroxyl groups excluding tert-OH is 1. The molecule has 0 aliphatic rings. The summed E-state index contributed by atoms with van der Waals surface area (Å²) in [4.78, 5) is 11.7. The van der Waals surface area contributed by atoms with Gasteiger partial charge in [-0.3, -0.25) is 9.36 Å². The Labute approximate surface area is 109 Å². The van der Waals surface area contributed by atoms with Gasteiger partial charge in [-0.15, -0.1) is 0 Å². The van der Waals surface area contributed by atoms with Crippen molar-refractivity contribution >= 4 is 11.3 Å². The Kier molecular flexibility index (Phi) is 3.98. The summed E-state index contributed by atoms with van der Waals surface area (Å²) in [5, 5.41) is 10.5. The molecule has 0 aliphatic heterocycles. The summed E-state index contributed by atoms with van der Waals surface area (Å²) in [6.45, 7) is 2.38. The Morgan fingerprint density at radius 2 is 2.06 bits per heavy atom. The predicted molar refractivity (Wildman–Crippen MR) is 72.8 cm³/mol. The van der Waals surface area contributed by atoms with Gasteiger partial charge in [-0.1, -0.05) is 35.3 Å². The van der Waals surface area contributed by atoms with Crippen LogP contribution in [0.25, 0.3) is 0 Å². The van der Waals surface area contributed by atoms with Crippen molar-refractivity contribution in [2.24, 2.45) is 0 Å². The van der Waals surface area contributed by atoms with E-state index in [9.17, 15) is 4.79 Å². The van der Waals surface area contributed by atoms with E-state index >= 15 is 0 Å². The summed E-state index contributed by atoms with van der Waals surface area (Å²) in [6, 6.07) is 7.69. The summed E-state index contributed by atoms with van der Waals surface area (Å²) < 4.78 is 1.75. The first kappa shape index (κ1) is 12.6. The molecule has 0 amide bonds. The van der Waals surface area contributed by atoms with Gasteiger partial charge in [-0.2, -0.15) is 0 Å². The van der Waals surface area contributed by atoms with Crippen molar-refractivity contribution in [3.05, 3.63) is 56.1 Å². The van der Waals surface area contributed by atoms with Crippen LogP contribution in [0.1, 0.15) is 16.8 Å². The normalized spacial score (nSPS) is 9.89. The van der Waals surface area contributed by atoms with Gasteiger partial charge in [0.05, 0.1) is 6.54 Å². The number of benzene rings is 1. The Morgan fingerprint density at radius 3 is 2.61 bits per heavy atom. The molecule has 0 spiro atoms. The van der Waals surface area contributed by atoms with E-state index in [1.165, 1.54) is 11.3 Å². The topological polar surface area (TPSA) is 42.2 Å². The minimum absolute atomic E-state index is 0.0663. The molecule has 1 aromatic heterocycles. The lowest BCUT2D eigenvalue weighted by molar-refractivity contribution is 0.350. The summed E-state index contributed by atoms with van der Waals surface area (Å²) in [5.74, 6) is 5.44. The van der Waals surface area contributed by atoms with E-state index in [0.29, 0.717) is 6.54 Å². The quantitative estimate of drug-likeness (QED) is 0.833. The molecule has 0 aliphatic carbocycles. The number of rotatable bonds is 2. The standard InChI is InChI=1S/C14H13NO2S/c1-11-10-18-14(17)15(11)9-13-6-4-12(5-7-13)3-2-8-16/h4-7,10,16H,8-9H2,1H3. The van der Waals surface area contributed by atoms with E-state index in [2.05, 4.69) is 11.8 Å². The summed E-state index contributed by atoms with van der Waals surface area (Å²) in [5.41, 5.74) is 2.91. The fourth-order valence-electron chi connectivity index (χ4n) is 1.61. The molecule has 2 aromatic rings. The maximum atomic E-state index is 11.6. The molecule has 1 N–H and O–H groups in total. The van der Waals surface area contributed by atoms with Gasteiger partial charge in [-0.05, 0) is 24.6 Å². The minimum Gasteiger partial charge on any atom is -0.384 e. The molecule has 2 rings (SSSR count). The summed E-state index contributed by atoms with van der Waals surface area (Å²) >= 11 is 1.22. The third kappa shape index (κ3) is 2.89. The first-order chi connectivity index (χ1) is 8.70. The van der Waals surface area contributed by atoms with Crippen molar-refractivity contribution in [1.82, 2.24) is 4.57 Å². The van der Waals surface area contributed by atoms with Crippen LogP contribution in [0.5, 0.6) is 0 Å². The van der Waals surface area contributed by atoms with Gasteiger partial charge in [0.15, 0.2) is 0 Å². The van der Waals surface area contributed by atoms with Gasteiger partial charge in [-0.25, -0.2) is 0 Å². The zero-order chi connectivity index (χ0) is 13.0. The molecule has 0 saturated heterocycles. The van der Waals surface area contributed by atoms with Crippen molar-refractivity contribution in [2.45, 2.75) is 13.5 Å². The second kappa shape index (κ2) is 5.67. The highest BCUT2D eigenvalue weighted by Gasteiger charge is 2.03. The highest BCUT2D eigenvalue weighted by molar-refractivity contribution is 7.07. The number of aliphatic hydroxyl groups is 1. The van der Waals surface area contributed by atoms with E-state index in [1.54, 1.807) is 4.57 Å². The average Bonchev–Trinajstić information content (AvgIpc) is 2.70. The van der Waals surface area contributed by atoms with Gasteiger partial charge in [0.2, 0.25) is 0 Å². The lowest BCUT2D eigenvalue weighted by atomic mass is 10.1. The van der Waals surface area contributed by atoms with Crippen molar-refractivity contribution in [2.75, 3.05) is 6.61 Å². The molecule has 0 bridgehead atoms. The maximum Gasteiger partial charge on any atom is 0.307 e. The van der Waals surface area contributed by atoms with E-state index in [4.69, 9.17) is 5.11 Å². The van der Waals surface area contributed by atoms with E-state index < -0.39 is 0 Å². The van der Waals surface area contributed by atoms with E-state index in [0.717, 1.165) is 16.8 Å². The third-order valence-corrected chi connectivity index (χ3v) is 3.46. The maximum absolute atomic E-state index is 11.6. The summed E-state index contributed by atoms with van der Waals surface area (Å²) in [6.07, 6.45) is 0. The molecule has 0 unspecified atom stereocenters. The molecule has 4 heteroatoms. The second-order valence-corrected chi connectivity index (χ2v) is 4.71. The highest BCUT2D eigenvalue weighted by atomic mass is 32.1. The van der Waals surface area contributed by atoms with E-state index in [-0.39, 0.29) is 11.5 Å². The van der Waals surface area contributed by atoms with Crippen molar-refractivity contribution in [1.29, 1.82) is 0 Å². The van der Waals surface area contributed by atoms with E-state index in [1.807, 2.05) is 36.6 Å². The minimum atomic E-state index is -0.134. The average molecular weight is 259 g/mol. The van der Waals surface area contributed by atoms with Gasteiger partial charge in [0, 0.05) is 16.6 Å². The smallest absolute Gasteiger partial charge is 0.307 e. The molecule has 92 valence electrons. The first-order valence-corrected chi connectivity index (χ1v) is 6.42. The monoisotopic (exact) mass is 259 g/mol. The SMILES string of the molecule is Cc1csc(=O)n1Cc1ccc(C#CCO)cc1. The van der Waals surface area contributed by atoms with Crippen LogP contribution in [-0.4, -0.2) is 16.3 Å². The van der Waals surface area contributed by atoms with Gasteiger partial charge in [0.1, 0.15) is 6.61 Å². The molecule has 0 saturated carbocycles. The van der Waals surface area contributed by atoms with Gasteiger partial charge >= 0.3 is 4.87 Å². The number of aromatic nitrogens is 1. The third-order valence-electron chi connectivity index (χ3n) is 2.58. The molecule has 0 fully saturated rings. The van der Waals surface area contributed by atoms with Crippen LogP contribution in [0.2, 0.25) is 0 Å². The lowest BCUT2D eigenvalue weighted by Gasteiger charge is -2.04. The number of hydrogen-bond acceptors (Lipinski definition) is 3. The largest absolute Gasteiger partial charge is 0.384 e.